The Morgan fingerprint density at radius 2 is 2.05 bits per heavy atom. The second-order valence-corrected chi connectivity index (χ2v) is 6.19. The first-order valence-corrected chi connectivity index (χ1v) is 7.43. The molecular formula is C16H27N3. The van der Waals surface area contributed by atoms with Crippen LogP contribution in [0.25, 0.3) is 0 Å². The highest BCUT2D eigenvalue weighted by Crippen LogP contribution is 2.34. The molecule has 0 spiro atoms. The van der Waals surface area contributed by atoms with Crippen LogP contribution < -0.4 is 5.32 Å². The van der Waals surface area contributed by atoms with Gasteiger partial charge in [0.15, 0.2) is 0 Å². The molecule has 1 aliphatic carbocycles. The van der Waals surface area contributed by atoms with Crippen LogP contribution in [0, 0.1) is 5.92 Å². The SMILES string of the molecule is CC(C)NCc1ccc(CN(C)C(C)C2CC2)nc1. The Labute approximate surface area is 117 Å². The zero-order chi connectivity index (χ0) is 13.8. The summed E-state index contributed by atoms with van der Waals surface area (Å²) in [6.45, 7) is 8.51. The Morgan fingerprint density at radius 3 is 2.58 bits per heavy atom. The van der Waals surface area contributed by atoms with E-state index < -0.39 is 0 Å². The second-order valence-electron chi connectivity index (χ2n) is 6.19. The lowest BCUT2D eigenvalue weighted by molar-refractivity contribution is 0.224. The van der Waals surface area contributed by atoms with Gasteiger partial charge in [0.2, 0.25) is 0 Å². The van der Waals surface area contributed by atoms with Crippen molar-refractivity contribution in [2.24, 2.45) is 5.92 Å². The summed E-state index contributed by atoms with van der Waals surface area (Å²) < 4.78 is 0. The first kappa shape index (κ1) is 14.5. The van der Waals surface area contributed by atoms with E-state index in [9.17, 15) is 0 Å². The van der Waals surface area contributed by atoms with Gasteiger partial charge in [-0.2, -0.15) is 0 Å². The quantitative estimate of drug-likeness (QED) is 0.818. The van der Waals surface area contributed by atoms with Crippen LogP contribution in [-0.2, 0) is 13.1 Å². The van der Waals surface area contributed by atoms with Crippen molar-refractivity contribution in [3.63, 3.8) is 0 Å². The minimum Gasteiger partial charge on any atom is -0.310 e. The zero-order valence-electron chi connectivity index (χ0n) is 12.7. The number of aromatic nitrogens is 1. The predicted octanol–water partition coefficient (Wildman–Crippen LogP) is 2.81. The minimum atomic E-state index is 0.519. The van der Waals surface area contributed by atoms with Crippen LogP contribution >= 0.6 is 0 Å². The molecule has 0 aliphatic heterocycles. The van der Waals surface area contributed by atoms with Crippen LogP contribution in [0.15, 0.2) is 18.3 Å². The summed E-state index contributed by atoms with van der Waals surface area (Å²) in [5.74, 6) is 0.916. The molecule has 3 nitrogen and oxygen atoms in total. The van der Waals surface area contributed by atoms with Crippen molar-refractivity contribution in [2.45, 2.75) is 58.8 Å². The maximum absolute atomic E-state index is 4.58. The molecule has 19 heavy (non-hydrogen) atoms. The smallest absolute Gasteiger partial charge is 0.0544 e. The molecule has 106 valence electrons. The predicted molar refractivity (Wildman–Crippen MR) is 79.9 cm³/mol. The Balaban J connectivity index is 1.83. The third-order valence-electron chi connectivity index (χ3n) is 4.01. The number of hydrogen-bond acceptors (Lipinski definition) is 3. The van der Waals surface area contributed by atoms with Crippen LogP contribution in [-0.4, -0.2) is 29.0 Å². The highest BCUT2D eigenvalue weighted by Gasteiger charge is 2.30. The van der Waals surface area contributed by atoms with Gasteiger partial charge in [0, 0.05) is 31.4 Å². The molecule has 0 bridgehead atoms. The first-order chi connectivity index (χ1) is 9.06. The van der Waals surface area contributed by atoms with Crippen molar-refractivity contribution in [1.82, 2.24) is 15.2 Å². The molecule has 1 fully saturated rings. The van der Waals surface area contributed by atoms with E-state index in [1.807, 2.05) is 6.20 Å². The summed E-state index contributed by atoms with van der Waals surface area (Å²) in [6.07, 6.45) is 4.80. The van der Waals surface area contributed by atoms with Crippen LogP contribution in [0.3, 0.4) is 0 Å². The minimum absolute atomic E-state index is 0.519. The summed E-state index contributed by atoms with van der Waals surface area (Å²) in [7, 11) is 2.21. The fourth-order valence-electron chi connectivity index (χ4n) is 2.31. The number of nitrogens with one attached hydrogen (secondary N) is 1. The van der Waals surface area contributed by atoms with Crippen molar-refractivity contribution in [3.8, 4) is 0 Å². The fourth-order valence-corrected chi connectivity index (χ4v) is 2.31. The van der Waals surface area contributed by atoms with E-state index in [1.165, 1.54) is 24.1 Å². The molecule has 1 saturated carbocycles. The van der Waals surface area contributed by atoms with Gasteiger partial charge in [0.25, 0.3) is 0 Å². The molecule has 1 N–H and O–H groups in total. The molecule has 0 saturated heterocycles. The molecule has 3 heteroatoms. The van der Waals surface area contributed by atoms with Gasteiger partial charge in [-0.25, -0.2) is 0 Å². The van der Waals surface area contributed by atoms with Crippen LogP contribution in [0.1, 0.15) is 44.9 Å². The summed E-state index contributed by atoms with van der Waals surface area (Å²) in [5, 5.41) is 3.41. The van der Waals surface area contributed by atoms with Crippen molar-refractivity contribution < 1.29 is 0 Å². The molecule has 0 amide bonds. The normalized spacial score (nSPS) is 17.2. The summed E-state index contributed by atoms with van der Waals surface area (Å²) >= 11 is 0. The molecular weight excluding hydrogens is 234 g/mol. The zero-order valence-corrected chi connectivity index (χ0v) is 12.7. The lowest BCUT2D eigenvalue weighted by atomic mass is 10.2. The van der Waals surface area contributed by atoms with Crippen LogP contribution in [0.5, 0.6) is 0 Å². The third kappa shape index (κ3) is 4.59. The molecule has 1 unspecified atom stereocenters. The Morgan fingerprint density at radius 1 is 1.32 bits per heavy atom. The molecule has 1 aromatic heterocycles. The Bertz CT molecular complexity index is 381. The van der Waals surface area contributed by atoms with Crippen molar-refractivity contribution in [1.29, 1.82) is 0 Å². The van der Waals surface area contributed by atoms with Gasteiger partial charge in [-0.1, -0.05) is 19.9 Å². The molecule has 1 aliphatic rings. The van der Waals surface area contributed by atoms with Crippen molar-refractivity contribution in [2.75, 3.05) is 7.05 Å². The van der Waals surface area contributed by atoms with Crippen molar-refractivity contribution in [3.05, 3.63) is 29.6 Å². The summed E-state index contributed by atoms with van der Waals surface area (Å²) in [5.41, 5.74) is 2.43. The third-order valence-corrected chi connectivity index (χ3v) is 4.01. The molecule has 1 heterocycles. The maximum Gasteiger partial charge on any atom is 0.0544 e. The average Bonchev–Trinajstić information content (AvgIpc) is 3.21. The summed E-state index contributed by atoms with van der Waals surface area (Å²) in [6, 6.07) is 5.55. The number of nitrogens with zero attached hydrogens (tertiary/aromatic N) is 2. The Kier molecular flexibility index (Phi) is 4.94. The first-order valence-electron chi connectivity index (χ1n) is 7.43. The van der Waals surface area contributed by atoms with E-state index in [2.05, 4.69) is 55.2 Å². The van der Waals surface area contributed by atoms with Crippen LogP contribution in [0.4, 0.5) is 0 Å². The second kappa shape index (κ2) is 6.49. The Hall–Kier alpha value is -0.930. The fraction of sp³-hybridized carbons (Fsp3) is 0.688. The highest BCUT2D eigenvalue weighted by atomic mass is 15.1. The number of hydrogen-bond donors (Lipinski definition) is 1. The largest absolute Gasteiger partial charge is 0.310 e. The van der Waals surface area contributed by atoms with Gasteiger partial charge < -0.3 is 5.32 Å². The van der Waals surface area contributed by atoms with E-state index in [0.29, 0.717) is 12.1 Å². The van der Waals surface area contributed by atoms with Crippen molar-refractivity contribution >= 4 is 0 Å². The number of rotatable bonds is 7. The van der Waals surface area contributed by atoms with Gasteiger partial charge in [-0.15, -0.1) is 0 Å². The maximum atomic E-state index is 4.58. The van der Waals surface area contributed by atoms with Gasteiger partial charge in [0.05, 0.1) is 5.69 Å². The van der Waals surface area contributed by atoms with E-state index in [4.69, 9.17) is 0 Å². The van der Waals surface area contributed by atoms with Gasteiger partial charge in [-0.3, -0.25) is 9.88 Å². The van der Waals surface area contributed by atoms with E-state index in [1.54, 1.807) is 0 Å². The number of pyridine rings is 1. The van der Waals surface area contributed by atoms with Crippen LogP contribution in [0.2, 0.25) is 0 Å². The molecule has 2 rings (SSSR count). The van der Waals surface area contributed by atoms with Gasteiger partial charge in [-0.05, 0) is 44.4 Å². The molecule has 1 aromatic rings. The lowest BCUT2D eigenvalue weighted by Gasteiger charge is -2.24. The average molecular weight is 261 g/mol. The van der Waals surface area contributed by atoms with E-state index >= 15 is 0 Å². The van der Waals surface area contributed by atoms with E-state index in [-0.39, 0.29) is 0 Å². The summed E-state index contributed by atoms with van der Waals surface area (Å²) in [4.78, 5) is 7.00. The van der Waals surface area contributed by atoms with Gasteiger partial charge in [0.1, 0.15) is 0 Å². The topological polar surface area (TPSA) is 28.2 Å². The monoisotopic (exact) mass is 261 g/mol. The van der Waals surface area contributed by atoms with Gasteiger partial charge >= 0.3 is 0 Å². The van der Waals surface area contributed by atoms with E-state index in [0.717, 1.165) is 19.0 Å². The molecule has 0 aromatic carbocycles. The standard InChI is InChI=1S/C16H27N3/c1-12(2)17-9-14-5-8-16(18-10-14)11-19(4)13(3)15-6-7-15/h5,8,10,12-13,15,17H,6-7,9,11H2,1-4H3. The highest BCUT2D eigenvalue weighted by molar-refractivity contribution is 5.14. The lowest BCUT2D eigenvalue weighted by Crippen LogP contribution is -2.30. The molecule has 1 atom stereocenters. The molecule has 0 radical (unpaired) electrons.